The molecule has 17 heavy (non-hydrogen) atoms. The van der Waals surface area contributed by atoms with Crippen molar-refractivity contribution < 1.29 is 4.39 Å². The Bertz CT molecular complexity index is 567. The van der Waals surface area contributed by atoms with Crippen LogP contribution in [0.2, 0.25) is 5.02 Å². The van der Waals surface area contributed by atoms with Gasteiger partial charge in [-0.3, -0.25) is 4.98 Å². The molecule has 0 aliphatic rings. The highest BCUT2D eigenvalue weighted by Crippen LogP contribution is 2.31. The summed E-state index contributed by atoms with van der Waals surface area (Å²) in [5.74, 6) is -0.0503. The lowest BCUT2D eigenvalue weighted by Crippen LogP contribution is -1.99. The second kappa shape index (κ2) is 4.49. The van der Waals surface area contributed by atoms with Crippen LogP contribution >= 0.6 is 11.6 Å². The van der Waals surface area contributed by atoms with Crippen molar-refractivity contribution in [2.24, 2.45) is 0 Å². The summed E-state index contributed by atoms with van der Waals surface area (Å²) in [5, 5.41) is 4.11. The first-order valence-corrected chi connectivity index (χ1v) is 5.88. The molecule has 0 saturated carbocycles. The maximum absolute atomic E-state index is 13.3. The molecule has 1 aromatic heterocycles. The Kier molecular flexibility index (Phi) is 3.20. The number of anilines is 1. The first kappa shape index (κ1) is 12.1. The smallest absolute Gasteiger partial charge is 0.125 e. The van der Waals surface area contributed by atoms with Crippen molar-refractivity contribution in [2.45, 2.75) is 19.8 Å². The van der Waals surface area contributed by atoms with Crippen LogP contribution in [-0.2, 0) is 0 Å². The molecule has 0 aliphatic heterocycles. The van der Waals surface area contributed by atoms with E-state index >= 15 is 0 Å². The van der Waals surface area contributed by atoms with Crippen LogP contribution in [0.1, 0.15) is 25.5 Å². The van der Waals surface area contributed by atoms with Crippen LogP contribution in [0.3, 0.4) is 0 Å². The van der Waals surface area contributed by atoms with Gasteiger partial charge in [-0.05, 0) is 24.1 Å². The lowest BCUT2D eigenvalue weighted by molar-refractivity contribution is 0.629. The Hall–Kier alpha value is -1.35. The zero-order chi connectivity index (χ0) is 12.6. The molecule has 1 N–H and O–H groups in total. The fraction of sp³-hybridized carbons (Fsp3) is 0.308. The van der Waals surface area contributed by atoms with Crippen molar-refractivity contribution in [3.8, 4) is 0 Å². The van der Waals surface area contributed by atoms with Crippen LogP contribution < -0.4 is 5.32 Å². The molecule has 1 aromatic carbocycles. The Morgan fingerprint density at radius 1 is 1.29 bits per heavy atom. The highest BCUT2D eigenvalue weighted by Gasteiger charge is 2.11. The van der Waals surface area contributed by atoms with Gasteiger partial charge in [0, 0.05) is 23.8 Å². The number of rotatable bonds is 2. The minimum atomic E-state index is -0.349. The van der Waals surface area contributed by atoms with Crippen LogP contribution in [0.5, 0.6) is 0 Å². The number of nitrogens with one attached hydrogen (secondary N) is 1. The van der Waals surface area contributed by atoms with Crippen LogP contribution in [0.15, 0.2) is 18.2 Å². The fourth-order valence-corrected chi connectivity index (χ4v) is 2.02. The number of halogens is 2. The minimum absolute atomic E-state index is 0.299. The molecule has 2 rings (SSSR count). The predicted molar refractivity (Wildman–Crippen MR) is 70.3 cm³/mol. The largest absolute Gasteiger partial charge is 0.388 e. The molecular formula is C13H14ClFN2. The Morgan fingerprint density at radius 2 is 2.00 bits per heavy atom. The summed E-state index contributed by atoms with van der Waals surface area (Å²) in [4.78, 5) is 4.49. The van der Waals surface area contributed by atoms with E-state index in [-0.39, 0.29) is 5.82 Å². The highest BCUT2D eigenvalue weighted by molar-refractivity contribution is 6.35. The highest BCUT2D eigenvalue weighted by atomic mass is 35.5. The summed E-state index contributed by atoms with van der Waals surface area (Å²) < 4.78 is 13.3. The SMILES string of the molecule is CNc1cc(C(C)C)nc2c(Cl)cc(F)cc12. The minimum Gasteiger partial charge on any atom is -0.388 e. The van der Waals surface area contributed by atoms with Crippen molar-refractivity contribution >= 4 is 28.2 Å². The molecule has 90 valence electrons. The van der Waals surface area contributed by atoms with Crippen molar-refractivity contribution in [3.63, 3.8) is 0 Å². The van der Waals surface area contributed by atoms with Gasteiger partial charge in [0.25, 0.3) is 0 Å². The van der Waals surface area contributed by atoms with Gasteiger partial charge in [-0.2, -0.15) is 0 Å². The molecular weight excluding hydrogens is 239 g/mol. The van der Waals surface area contributed by atoms with Crippen LogP contribution in [-0.4, -0.2) is 12.0 Å². The Labute approximate surface area is 105 Å². The molecule has 4 heteroatoms. The van der Waals surface area contributed by atoms with Crippen LogP contribution in [0.25, 0.3) is 10.9 Å². The van der Waals surface area contributed by atoms with Gasteiger partial charge in [0.05, 0.1) is 10.5 Å². The van der Waals surface area contributed by atoms with E-state index in [4.69, 9.17) is 11.6 Å². The van der Waals surface area contributed by atoms with Crippen LogP contribution in [0, 0.1) is 5.82 Å². The maximum atomic E-state index is 13.3. The van der Waals surface area contributed by atoms with E-state index in [1.54, 1.807) is 7.05 Å². The third-order valence-corrected chi connectivity index (χ3v) is 3.00. The molecule has 2 nitrogen and oxygen atoms in total. The van der Waals surface area contributed by atoms with Gasteiger partial charge in [0.2, 0.25) is 0 Å². The molecule has 0 atom stereocenters. The number of aromatic nitrogens is 1. The van der Waals surface area contributed by atoms with Gasteiger partial charge in [0.15, 0.2) is 0 Å². The van der Waals surface area contributed by atoms with Gasteiger partial charge in [0.1, 0.15) is 5.82 Å². The topological polar surface area (TPSA) is 24.9 Å². The zero-order valence-electron chi connectivity index (χ0n) is 10.0. The summed E-state index contributed by atoms with van der Waals surface area (Å²) in [6.07, 6.45) is 0. The third-order valence-electron chi connectivity index (χ3n) is 2.71. The van der Waals surface area contributed by atoms with E-state index < -0.39 is 0 Å². The van der Waals surface area contributed by atoms with Gasteiger partial charge in [-0.15, -0.1) is 0 Å². The molecule has 0 radical (unpaired) electrons. The number of hydrogen-bond donors (Lipinski definition) is 1. The van der Waals surface area contributed by atoms with E-state index in [0.717, 1.165) is 11.4 Å². The van der Waals surface area contributed by atoms with Crippen molar-refractivity contribution in [3.05, 3.63) is 34.7 Å². The summed E-state index contributed by atoms with van der Waals surface area (Å²) in [6, 6.07) is 4.67. The number of nitrogens with zero attached hydrogens (tertiary/aromatic N) is 1. The average molecular weight is 253 g/mol. The second-order valence-corrected chi connectivity index (χ2v) is 4.69. The van der Waals surface area contributed by atoms with Gasteiger partial charge in [-0.25, -0.2) is 4.39 Å². The van der Waals surface area contributed by atoms with E-state index in [9.17, 15) is 4.39 Å². The van der Waals surface area contributed by atoms with Crippen molar-refractivity contribution in [1.29, 1.82) is 0 Å². The summed E-state index contributed by atoms with van der Waals surface area (Å²) in [6.45, 7) is 4.12. The Balaban J connectivity index is 2.82. The normalized spacial score (nSPS) is 11.2. The lowest BCUT2D eigenvalue weighted by Gasteiger charge is -2.12. The monoisotopic (exact) mass is 252 g/mol. The van der Waals surface area contributed by atoms with Gasteiger partial charge < -0.3 is 5.32 Å². The summed E-state index contributed by atoms with van der Waals surface area (Å²) in [7, 11) is 1.80. The van der Waals surface area contributed by atoms with E-state index in [2.05, 4.69) is 24.1 Å². The number of benzene rings is 1. The first-order valence-electron chi connectivity index (χ1n) is 5.50. The quantitative estimate of drug-likeness (QED) is 0.867. The molecule has 1 heterocycles. The molecule has 0 amide bonds. The second-order valence-electron chi connectivity index (χ2n) is 4.28. The molecule has 0 aliphatic carbocycles. The lowest BCUT2D eigenvalue weighted by atomic mass is 10.1. The maximum Gasteiger partial charge on any atom is 0.125 e. The zero-order valence-corrected chi connectivity index (χ0v) is 10.8. The predicted octanol–water partition coefficient (Wildman–Crippen LogP) is 4.19. The Morgan fingerprint density at radius 3 is 2.59 bits per heavy atom. The molecule has 0 saturated heterocycles. The molecule has 0 fully saturated rings. The van der Waals surface area contributed by atoms with Crippen LogP contribution in [0.4, 0.5) is 10.1 Å². The molecule has 0 spiro atoms. The van der Waals surface area contributed by atoms with Crippen molar-refractivity contribution in [1.82, 2.24) is 4.98 Å². The van der Waals surface area contributed by atoms with E-state index in [0.29, 0.717) is 21.8 Å². The summed E-state index contributed by atoms with van der Waals surface area (Å²) in [5.41, 5.74) is 2.43. The molecule has 0 unspecified atom stereocenters. The van der Waals surface area contributed by atoms with E-state index in [1.807, 2.05) is 6.07 Å². The standard InChI is InChI=1S/C13H14ClFN2/c1-7(2)11-6-12(16-3)9-4-8(15)5-10(14)13(9)17-11/h4-7H,1-3H3,(H,16,17). The van der Waals surface area contributed by atoms with Gasteiger partial charge in [-0.1, -0.05) is 25.4 Å². The van der Waals surface area contributed by atoms with Crippen molar-refractivity contribution in [2.75, 3.05) is 12.4 Å². The summed E-state index contributed by atoms with van der Waals surface area (Å²) >= 11 is 6.04. The van der Waals surface area contributed by atoms with E-state index in [1.165, 1.54) is 12.1 Å². The number of pyridine rings is 1. The first-order chi connectivity index (χ1) is 8.02. The fourth-order valence-electron chi connectivity index (χ4n) is 1.77. The number of fused-ring (bicyclic) bond motifs is 1. The number of hydrogen-bond acceptors (Lipinski definition) is 2. The van der Waals surface area contributed by atoms with Gasteiger partial charge >= 0.3 is 0 Å². The third kappa shape index (κ3) is 2.20. The molecule has 2 aromatic rings. The molecule has 0 bridgehead atoms. The average Bonchev–Trinajstić information content (AvgIpc) is 2.27.